The number of nitro groups is 1. The van der Waals surface area contributed by atoms with Crippen molar-refractivity contribution in [3.63, 3.8) is 0 Å². The smallest absolute Gasteiger partial charge is 0.303 e. The number of nitrogens with zero attached hydrogens (tertiary/aromatic N) is 2. The molecule has 6 heteroatoms. The third-order valence-corrected chi connectivity index (χ3v) is 2.37. The Bertz CT molecular complexity index is 420. The van der Waals surface area contributed by atoms with Gasteiger partial charge in [-0.3, -0.25) is 14.9 Å². The van der Waals surface area contributed by atoms with Crippen LogP contribution in [0.25, 0.3) is 0 Å². The van der Waals surface area contributed by atoms with Crippen LogP contribution in [-0.2, 0) is 4.79 Å². The average molecular weight is 238 g/mol. The van der Waals surface area contributed by atoms with Crippen LogP contribution in [0.4, 0.5) is 11.4 Å². The molecular weight excluding hydrogens is 224 g/mol. The monoisotopic (exact) mass is 238 g/mol. The molecule has 0 atom stereocenters. The van der Waals surface area contributed by atoms with Crippen molar-refractivity contribution < 1.29 is 14.8 Å². The van der Waals surface area contributed by atoms with Gasteiger partial charge < -0.3 is 10.0 Å². The predicted octanol–water partition coefficient (Wildman–Crippen LogP) is 1.90. The molecule has 1 N–H and O–H groups in total. The maximum absolute atomic E-state index is 10.8. The van der Waals surface area contributed by atoms with Gasteiger partial charge in [0.05, 0.1) is 4.92 Å². The fourth-order valence-electron chi connectivity index (χ4n) is 1.53. The Kier molecular flexibility index (Phi) is 4.45. The second kappa shape index (κ2) is 5.83. The summed E-state index contributed by atoms with van der Waals surface area (Å²) < 4.78 is 0. The minimum atomic E-state index is -0.860. The summed E-state index contributed by atoms with van der Waals surface area (Å²) in [5.41, 5.74) is 0.535. The number of hydrogen-bond acceptors (Lipinski definition) is 4. The second-order valence-corrected chi connectivity index (χ2v) is 3.66. The molecule has 0 aliphatic rings. The molecule has 0 aliphatic carbocycles. The SMILES string of the molecule is CN(CCCC(=O)O)c1ccccc1[N+](=O)[O-]. The molecule has 0 saturated carbocycles. The lowest BCUT2D eigenvalue weighted by atomic mass is 10.2. The molecule has 0 aromatic heterocycles. The van der Waals surface area contributed by atoms with Crippen LogP contribution in [0.5, 0.6) is 0 Å². The van der Waals surface area contributed by atoms with Gasteiger partial charge in [0.25, 0.3) is 5.69 Å². The van der Waals surface area contributed by atoms with Gasteiger partial charge in [-0.05, 0) is 12.5 Å². The van der Waals surface area contributed by atoms with E-state index in [1.807, 2.05) is 0 Å². The standard InChI is InChI=1S/C11H14N2O4/c1-12(8-4-7-11(14)15)9-5-2-3-6-10(9)13(16)17/h2-3,5-6H,4,7-8H2,1H3,(H,14,15). The van der Waals surface area contributed by atoms with Crippen molar-refractivity contribution in [3.05, 3.63) is 34.4 Å². The van der Waals surface area contributed by atoms with Gasteiger partial charge in [-0.15, -0.1) is 0 Å². The largest absolute Gasteiger partial charge is 0.481 e. The number of rotatable bonds is 6. The van der Waals surface area contributed by atoms with Gasteiger partial charge in [-0.25, -0.2) is 0 Å². The van der Waals surface area contributed by atoms with E-state index in [1.54, 1.807) is 30.1 Å². The molecule has 0 radical (unpaired) electrons. The molecule has 92 valence electrons. The fourth-order valence-corrected chi connectivity index (χ4v) is 1.53. The zero-order chi connectivity index (χ0) is 12.8. The van der Waals surface area contributed by atoms with E-state index in [-0.39, 0.29) is 12.1 Å². The Balaban J connectivity index is 2.71. The van der Waals surface area contributed by atoms with Crippen molar-refractivity contribution in [2.45, 2.75) is 12.8 Å². The van der Waals surface area contributed by atoms with Crippen molar-refractivity contribution in [3.8, 4) is 0 Å². The summed E-state index contributed by atoms with van der Waals surface area (Å²) in [6.07, 6.45) is 0.517. The number of benzene rings is 1. The highest BCUT2D eigenvalue weighted by Crippen LogP contribution is 2.26. The summed E-state index contributed by atoms with van der Waals surface area (Å²) in [5.74, 6) is -0.860. The molecule has 0 heterocycles. The number of hydrogen-bond donors (Lipinski definition) is 1. The molecule has 0 spiro atoms. The summed E-state index contributed by atoms with van der Waals surface area (Å²) in [5, 5.41) is 19.3. The van der Waals surface area contributed by atoms with Gasteiger partial charge in [0.15, 0.2) is 0 Å². The van der Waals surface area contributed by atoms with E-state index in [0.29, 0.717) is 18.7 Å². The molecule has 0 saturated heterocycles. The maximum Gasteiger partial charge on any atom is 0.303 e. The molecule has 0 aliphatic heterocycles. The highest BCUT2D eigenvalue weighted by atomic mass is 16.6. The van der Waals surface area contributed by atoms with Crippen LogP contribution in [0.3, 0.4) is 0 Å². The first-order chi connectivity index (χ1) is 8.02. The molecule has 1 rings (SSSR count). The highest BCUT2D eigenvalue weighted by molar-refractivity contribution is 5.67. The van der Waals surface area contributed by atoms with Gasteiger partial charge in [0.1, 0.15) is 5.69 Å². The van der Waals surface area contributed by atoms with Crippen molar-refractivity contribution in [2.24, 2.45) is 0 Å². The maximum atomic E-state index is 10.8. The van der Waals surface area contributed by atoms with E-state index in [2.05, 4.69) is 0 Å². The first-order valence-electron chi connectivity index (χ1n) is 5.18. The average Bonchev–Trinajstić information content (AvgIpc) is 2.28. The Hall–Kier alpha value is -2.11. The summed E-state index contributed by atoms with van der Waals surface area (Å²) in [6.45, 7) is 0.469. The quantitative estimate of drug-likeness (QED) is 0.604. The Morgan fingerprint density at radius 3 is 2.71 bits per heavy atom. The number of carboxylic acid groups (broad SMARTS) is 1. The Morgan fingerprint density at radius 2 is 2.12 bits per heavy atom. The van der Waals surface area contributed by atoms with Crippen LogP contribution in [0.15, 0.2) is 24.3 Å². The number of carbonyl (C=O) groups is 1. The minimum Gasteiger partial charge on any atom is -0.481 e. The van der Waals surface area contributed by atoms with E-state index in [9.17, 15) is 14.9 Å². The van der Waals surface area contributed by atoms with Gasteiger partial charge in [-0.1, -0.05) is 12.1 Å². The van der Waals surface area contributed by atoms with Crippen LogP contribution in [0.1, 0.15) is 12.8 Å². The third-order valence-electron chi connectivity index (χ3n) is 2.37. The number of para-hydroxylation sites is 2. The van der Waals surface area contributed by atoms with Crippen LogP contribution < -0.4 is 4.90 Å². The molecule has 0 amide bonds. The van der Waals surface area contributed by atoms with E-state index >= 15 is 0 Å². The molecule has 1 aromatic rings. The van der Waals surface area contributed by atoms with Crippen LogP contribution in [-0.4, -0.2) is 29.6 Å². The number of aliphatic carboxylic acids is 1. The Morgan fingerprint density at radius 1 is 1.47 bits per heavy atom. The lowest BCUT2D eigenvalue weighted by Crippen LogP contribution is -2.20. The van der Waals surface area contributed by atoms with Gasteiger partial charge >= 0.3 is 5.97 Å². The summed E-state index contributed by atoms with van der Waals surface area (Å²) >= 11 is 0. The van der Waals surface area contributed by atoms with Crippen molar-refractivity contribution in [1.82, 2.24) is 0 Å². The van der Waals surface area contributed by atoms with E-state index in [1.165, 1.54) is 6.07 Å². The van der Waals surface area contributed by atoms with Gasteiger partial charge in [-0.2, -0.15) is 0 Å². The molecule has 0 bridgehead atoms. The first kappa shape index (κ1) is 13.0. The van der Waals surface area contributed by atoms with Crippen molar-refractivity contribution in [2.75, 3.05) is 18.5 Å². The second-order valence-electron chi connectivity index (χ2n) is 3.66. The van der Waals surface area contributed by atoms with Gasteiger partial charge in [0, 0.05) is 26.1 Å². The molecular formula is C11H14N2O4. The summed E-state index contributed by atoms with van der Waals surface area (Å²) in [6, 6.07) is 6.41. The lowest BCUT2D eigenvalue weighted by molar-refractivity contribution is -0.384. The highest BCUT2D eigenvalue weighted by Gasteiger charge is 2.15. The third kappa shape index (κ3) is 3.75. The lowest BCUT2D eigenvalue weighted by Gasteiger charge is -2.18. The topological polar surface area (TPSA) is 83.7 Å². The Labute approximate surface area is 98.6 Å². The van der Waals surface area contributed by atoms with E-state index in [4.69, 9.17) is 5.11 Å². The minimum absolute atomic E-state index is 0.0327. The molecule has 0 fully saturated rings. The molecule has 1 aromatic carbocycles. The van der Waals surface area contributed by atoms with Crippen LogP contribution in [0.2, 0.25) is 0 Å². The van der Waals surface area contributed by atoms with E-state index < -0.39 is 10.9 Å². The summed E-state index contributed by atoms with van der Waals surface area (Å²) in [4.78, 5) is 22.4. The fraction of sp³-hybridized carbons (Fsp3) is 0.364. The first-order valence-corrected chi connectivity index (χ1v) is 5.18. The predicted molar refractivity (Wildman–Crippen MR) is 63.2 cm³/mol. The van der Waals surface area contributed by atoms with Gasteiger partial charge in [0.2, 0.25) is 0 Å². The van der Waals surface area contributed by atoms with E-state index in [0.717, 1.165) is 0 Å². The zero-order valence-corrected chi connectivity index (χ0v) is 9.50. The van der Waals surface area contributed by atoms with Crippen LogP contribution in [0, 0.1) is 10.1 Å². The number of nitro benzene ring substituents is 1. The van der Waals surface area contributed by atoms with Crippen molar-refractivity contribution >= 4 is 17.3 Å². The molecule has 17 heavy (non-hydrogen) atoms. The van der Waals surface area contributed by atoms with Crippen LogP contribution >= 0.6 is 0 Å². The zero-order valence-electron chi connectivity index (χ0n) is 9.50. The number of carboxylic acids is 1. The normalized spacial score (nSPS) is 9.94. The van der Waals surface area contributed by atoms with Crippen molar-refractivity contribution in [1.29, 1.82) is 0 Å². The molecule has 6 nitrogen and oxygen atoms in total. The molecule has 0 unspecified atom stereocenters. The summed E-state index contributed by atoms with van der Waals surface area (Å²) in [7, 11) is 1.71. The number of anilines is 1.